The highest BCUT2D eigenvalue weighted by Gasteiger charge is 2.26. The van der Waals surface area contributed by atoms with Crippen LogP contribution in [0.3, 0.4) is 0 Å². The predicted octanol–water partition coefficient (Wildman–Crippen LogP) is 1.52. The molecule has 0 spiro atoms. The summed E-state index contributed by atoms with van der Waals surface area (Å²) in [5.41, 5.74) is 4.09. The normalized spacial score (nSPS) is 16.8. The Bertz CT molecular complexity index is 789. The van der Waals surface area contributed by atoms with E-state index in [1.54, 1.807) is 7.05 Å². The van der Waals surface area contributed by atoms with Crippen molar-refractivity contribution in [3.05, 3.63) is 46.7 Å². The van der Waals surface area contributed by atoms with E-state index in [1.165, 1.54) is 5.56 Å². The molecule has 138 valence electrons. The highest BCUT2D eigenvalue weighted by atomic mass is 16.2. The van der Waals surface area contributed by atoms with Gasteiger partial charge in [0, 0.05) is 55.9 Å². The third-order valence-corrected chi connectivity index (χ3v) is 4.85. The number of hydrogen-bond acceptors (Lipinski definition) is 6. The summed E-state index contributed by atoms with van der Waals surface area (Å²) in [6, 6.07) is 4.52. The van der Waals surface area contributed by atoms with Crippen LogP contribution >= 0.6 is 0 Å². The summed E-state index contributed by atoms with van der Waals surface area (Å²) in [7, 11) is 1.59. The first-order valence-corrected chi connectivity index (χ1v) is 8.95. The molecule has 0 bridgehead atoms. The van der Waals surface area contributed by atoms with Crippen molar-refractivity contribution in [2.24, 2.45) is 0 Å². The molecule has 7 nitrogen and oxygen atoms in total. The number of hydrogen-bond donors (Lipinski definition) is 2. The van der Waals surface area contributed by atoms with Crippen molar-refractivity contribution in [3.63, 3.8) is 0 Å². The van der Waals surface area contributed by atoms with E-state index >= 15 is 0 Å². The van der Waals surface area contributed by atoms with Crippen LogP contribution in [0.4, 0.5) is 5.82 Å². The fraction of sp³-hybridized carbons (Fsp3) is 0.474. The number of pyridine rings is 1. The largest absolute Gasteiger partial charge is 0.355 e. The molecule has 2 aromatic heterocycles. The van der Waals surface area contributed by atoms with Crippen LogP contribution in [0.2, 0.25) is 0 Å². The number of rotatable bonds is 5. The molecule has 1 amide bonds. The molecule has 7 heteroatoms. The molecule has 3 heterocycles. The highest BCUT2D eigenvalue weighted by molar-refractivity contribution is 5.90. The van der Waals surface area contributed by atoms with Gasteiger partial charge in [-0.1, -0.05) is 6.07 Å². The Morgan fingerprint density at radius 1 is 1.27 bits per heavy atom. The molecule has 2 aromatic rings. The highest BCUT2D eigenvalue weighted by Crippen LogP contribution is 2.24. The van der Waals surface area contributed by atoms with Crippen LogP contribution in [0.5, 0.6) is 0 Å². The Balaban J connectivity index is 1.67. The second kappa shape index (κ2) is 7.78. The summed E-state index contributed by atoms with van der Waals surface area (Å²) >= 11 is 0. The van der Waals surface area contributed by atoms with Gasteiger partial charge in [0.2, 0.25) is 5.82 Å². The predicted molar refractivity (Wildman–Crippen MR) is 101 cm³/mol. The topological polar surface area (TPSA) is 83.0 Å². The Labute approximate surface area is 154 Å². The van der Waals surface area contributed by atoms with E-state index in [-0.39, 0.29) is 11.7 Å². The average molecular weight is 354 g/mol. The maximum Gasteiger partial charge on any atom is 0.288 e. The number of amides is 1. The fourth-order valence-electron chi connectivity index (χ4n) is 3.12. The van der Waals surface area contributed by atoms with Crippen molar-refractivity contribution in [2.45, 2.75) is 39.8 Å². The summed E-state index contributed by atoms with van der Waals surface area (Å²) in [6.45, 7) is 8.50. The molecule has 1 aliphatic heterocycles. The van der Waals surface area contributed by atoms with Crippen molar-refractivity contribution in [2.75, 3.05) is 25.0 Å². The summed E-state index contributed by atoms with van der Waals surface area (Å²) in [5.74, 6) is 0.834. The van der Waals surface area contributed by atoms with Gasteiger partial charge in [0.05, 0.1) is 0 Å². The number of carbonyl (C=O) groups excluding carboxylic acids is 1. The quantitative estimate of drug-likeness (QED) is 0.847. The van der Waals surface area contributed by atoms with E-state index < -0.39 is 0 Å². The standard InChI is InChI=1S/C19H26N6O/c1-12-5-6-15(9-21-12)10-22-16-7-8-25(11-16)18-13(2)14(3)23-17(24-18)19(26)20-4/h5-6,9,16,22H,7-8,10-11H2,1-4H3,(H,20,26)/t16-/m1/s1. The van der Waals surface area contributed by atoms with Crippen LogP contribution in [0.25, 0.3) is 0 Å². The van der Waals surface area contributed by atoms with E-state index in [9.17, 15) is 4.79 Å². The molecule has 0 aromatic carbocycles. The van der Waals surface area contributed by atoms with Gasteiger partial charge in [0.1, 0.15) is 5.82 Å². The summed E-state index contributed by atoms with van der Waals surface area (Å²) in [4.78, 5) is 27.3. The zero-order valence-corrected chi connectivity index (χ0v) is 15.8. The number of aromatic nitrogens is 3. The van der Waals surface area contributed by atoms with Crippen molar-refractivity contribution >= 4 is 11.7 Å². The number of anilines is 1. The van der Waals surface area contributed by atoms with Gasteiger partial charge in [0.25, 0.3) is 5.91 Å². The Morgan fingerprint density at radius 3 is 2.77 bits per heavy atom. The Hall–Kier alpha value is -2.54. The Morgan fingerprint density at radius 2 is 2.08 bits per heavy atom. The fourth-order valence-corrected chi connectivity index (χ4v) is 3.12. The van der Waals surface area contributed by atoms with Gasteiger partial charge in [-0.15, -0.1) is 0 Å². The molecule has 1 aliphatic rings. The molecule has 0 aliphatic carbocycles. The molecule has 2 N–H and O–H groups in total. The van der Waals surface area contributed by atoms with Crippen LogP contribution in [0, 0.1) is 20.8 Å². The van der Waals surface area contributed by atoms with Crippen LogP contribution < -0.4 is 15.5 Å². The van der Waals surface area contributed by atoms with Crippen LogP contribution in [-0.2, 0) is 6.54 Å². The number of nitrogens with one attached hydrogen (secondary N) is 2. The van der Waals surface area contributed by atoms with E-state index in [4.69, 9.17) is 0 Å². The smallest absolute Gasteiger partial charge is 0.288 e. The minimum Gasteiger partial charge on any atom is -0.355 e. The molecule has 0 saturated carbocycles. The lowest BCUT2D eigenvalue weighted by atomic mass is 10.2. The van der Waals surface area contributed by atoms with E-state index in [0.717, 1.165) is 48.8 Å². The summed E-state index contributed by atoms with van der Waals surface area (Å²) in [6.07, 6.45) is 2.96. The van der Waals surface area contributed by atoms with E-state index in [0.29, 0.717) is 6.04 Å². The van der Waals surface area contributed by atoms with Crippen molar-refractivity contribution in [1.29, 1.82) is 0 Å². The first kappa shape index (κ1) is 18.3. The van der Waals surface area contributed by atoms with E-state index in [2.05, 4.69) is 36.6 Å². The van der Waals surface area contributed by atoms with Gasteiger partial charge in [0.15, 0.2) is 0 Å². The molecule has 1 saturated heterocycles. The van der Waals surface area contributed by atoms with Gasteiger partial charge >= 0.3 is 0 Å². The lowest BCUT2D eigenvalue weighted by molar-refractivity contribution is 0.0952. The lowest BCUT2D eigenvalue weighted by Crippen LogP contribution is -2.33. The molecule has 26 heavy (non-hydrogen) atoms. The maximum atomic E-state index is 11.9. The molecular weight excluding hydrogens is 328 g/mol. The molecule has 3 rings (SSSR count). The van der Waals surface area contributed by atoms with E-state index in [1.807, 2.05) is 33.0 Å². The van der Waals surface area contributed by atoms with Crippen molar-refractivity contribution < 1.29 is 4.79 Å². The average Bonchev–Trinajstić information content (AvgIpc) is 3.11. The zero-order chi connectivity index (χ0) is 18.7. The number of nitrogens with zero attached hydrogens (tertiary/aromatic N) is 4. The van der Waals surface area contributed by atoms with Gasteiger partial charge in [-0.25, -0.2) is 9.97 Å². The van der Waals surface area contributed by atoms with Gasteiger partial charge < -0.3 is 15.5 Å². The summed E-state index contributed by atoms with van der Waals surface area (Å²) in [5, 5.41) is 6.19. The third-order valence-electron chi connectivity index (χ3n) is 4.85. The van der Waals surface area contributed by atoms with Crippen molar-refractivity contribution in [3.8, 4) is 0 Å². The minimum atomic E-state index is -0.255. The maximum absolute atomic E-state index is 11.9. The van der Waals surface area contributed by atoms with Gasteiger partial charge in [-0.3, -0.25) is 9.78 Å². The summed E-state index contributed by atoms with van der Waals surface area (Å²) < 4.78 is 0. The lowest BCUT2D eigenvalue weighted by Gasteiger charge is -2.21. The SMILES string of the molecule is CNC(=O)c1nc(C)c(C)c(N2CC[C@@H](NCc3ccc(C)nc3)C2)n1. The minimum absolute atomic E-state index is 0.229. The van der Waals surface area contributed by atoms with Crippen LogP contribution in [-0.4, -0.2) is 47.0 Å². The third kappa shape index (κ3) is 3.99. The van der Waals surface area contributed by atoms with Gasteiger partial charge in [-0.05, 0) is 38.8 Å². The first-order chi connectivity index (χ1) is 12.5. The molecule has 1 atom stereocenters. The molecule has 0 unspecified atom stereocenters. The first-order valence-electron chi connectivity index (χ1n) is 8.95. The molecule has 1 fully saturated rings. The van der Waals surface area contributed by atoms with Crippen molar-refractivity contribution in [1.82, 2.24) is 25.6 Å². The van der Waals surface area contributed by atoms with Crippen LogP contribution in [0.1, 0.15) is 39.6 Å². The Kier molecular flexibility index (Phi) is 5.46. The second-order valence-electron chi connectivity index (χ2n) is 6.78. The monoisotopic (exact) mass is 354 g/mol. The molecule has 0 radical (unpaired) electrons. The molecular formula is C19H26N6O. The second-order valence-corrected chi connectivity index (χ2v) is 6.78. The number of aryl methyl sites for hydroxylation is 2. The zero-order valence-electron chi connectivity index (χ0n) is 15.8. The number of carbonyl (C=O) groups is 1. The van der Waals surface area contributed by atoms with Crippen LogP contribution in [0.15, 0.2) is 18.3 Å². The van der Waals surface area contributed by atoms with Gasteiger partial charge in [-0.2, -0.15) is 0 Å².